The van der Waals surface area contributed by atoms with Crippen molar-refractivity contribution in [1.82, 2.24) is 5.32 Å². The van der Waals surface area contributed by atoms with Crippen LogP contribution in [0.5, 0.6) is 0 Å². The quantitative estimate of drug-likeness (QED) is 0.778. The molecule has 2 heteroatoms. The lowest BCUT2D eigenvalue weighted by Crippen LogP contribution is -2.42. The highest BCUT2D eigenvalue weighted by Crippen LogP contribution is 2.33. The smallest absolute Gasteiger partial charge is 0.0637 e. The molecule has 0 heterocycles. The van der Waals surface area contributed by atoms with E-state index in [1.165, 1.54) is 25.7 Å². The van der Waals surface area contributed by atoms with E-state index in [2.05, 4.69) is 33.1 Å². The summed E-state index contributed by atoms with van der Waals surface area (Å²) < 4.78 is 5.55. The zero-order chi connectivity index (χ0) is 12.2. The minimum absolute atomic E-state index is 0.00559. The van der Waals surface area contributed by atoms with Crippen molar-refractivity contribution in [2.24, 2.45) is 11.8 Å². The Morgan fingerprint density at radius 2 is 2.06 bits per heavy atom. The van der Waals surface area contributed by atoms with E-state index in [0.717, 1.165) is 18.3 Å². The molecule has 0 spiro atoms. The topological polar surface area (TPSA) is 21.3 Å². The number of methoxy groups -OCH3 is 1. The molecule has 0 radical (unpaired) electrons. The summed E-state index contributed by atoms with van der Waals surface area (Å²) in [4.78, 5) is 0. The largest absolute Gasteiger partial charge is 0.379 e. The van der Waals surface area contributed by atoms with Crippen LogP contribution in [0.4, 0.5) is 0 Å². The molecule has 2 nitrogen and oxygen atoms in total. The fraction of sp³-hybridized carbons (Fsp3) is 1.00. The summed E-state index contributed by atoms with van der Waals surface area (Å²) in [5.74, 6) is 1.74. The van der Waals surface area contributed by atoms with Gasteiger partial charge in [0.1, 0.15) is 0 Å². The molecule has 96 valence electrons. The van der Waals surface area contributed by atoms with Gasteiger partial charge >= 0.3 is 0 Å². The SMILES string of the molecule is CNC(CC(C)(C)OC)C1CCCC(C)C1. The normalized spacial score (nSPS) is 29.1. The highest BCUT2D eigenvalue weighted by atomic mass is 16.5. The molecule has 0 bridgehead atoms. The summed E-state index contributed by atoms with van der Waals surface area (Å²) >= 11 is 0. The van der Waals surface area contributed by atoms with Crippen molar-refractivity contribution in [3.63, 3.8) is 0 Å². The minimum Gasteiger partial charge on any atom is -0.379 e. The molecule has 0 aromatic carbocycles. The van der Waals surface area contributed by atoms with Crippen LogP contribution in [0, 0.1) is 11.8 Å². The third-order valence-electron chi connectivity index (χ3n) is 4.18. The Balaban J connectivity index is 2.52. The standard InChI is InChI=1S/C14H29NO/c1-11-7-6-8-12(9-11)13(15-4)10-14(2,3)16-5/h11-13,15H,6-10H2,1-5H3. The zero-order valence-electron chi connectivity index (χ0n) is 11.7. The fourth-order valence-electron chi connectivity index (χ4n) is 2.96. The van der Waals surface area contributed by atoms with Gasteiger partial charge in [-0.1, -0.05) is 19.8 Å². The first-order valence-corrected chi connectivity index (χ1v) is 6.71. The Kier molecular flexibility index (Phi) is 5.26. The summed E-state index contributed by atoms with van der Waals surface area (Å²) in [6.45, 7) is 6.76. The van der Waals surface area contributed by atoms with E-state index in [-0.39, 0.29) is 5.60 Å². The van der Waals surface area contributed by atoms with Gasteiger partial charge in [-0.15, -0.1) is 0 Å². The van der Waals surface area contributed by atoms with Gasteiger partial charge in [0, 0.05) is 13.2 Å². The van der Waals surface area contributed by atoms with Gasteiger partial charge in [0.15, 0.2) is 0 Å². The highest BCUT2D eigenvalue weighted by Gasteiger charge is 2.30. The first-order chi connectivity index (χ1) is 7.48. The molecule has 1 aliphatic rings. The molecule has 16 heavy (non-hydrogen) atoms. The molecule has 0 aromatic rings. The van der Waals surface area contributed by atoms with Gasteiger partial charge in [0.25, 0.3) is 0 Å². The van der Waals surface area contributed by atoms with E-state index >= 15 is 0 Å². The van der Waals surface area contributed by atoms with Crippen LogP contribution in [0.2, 0.25) is 0 Å². The van der Waals surface area contributed by atoms with Crippen LogP contribution in [-0.2, 0) is 4.74 Å². The van der Waals surface area contributed by atoms with Crippen LogP contribution in [-0.4, -0.2) is 25.8 Å². The van der Waals surface area contributed by atoms with Crippen molar-refractivity contribution in [3.8, 4) is 0 Å². The van der Waals surface area contributed by atoms with Crippen molar-refractivity contribution in [2.75, 3.05) is 14.2 Å². The summed E-state index contributed by atoms with van der Waals surface area (Å²) in [6.07, 6.45) is 6.69. The van der Waals surface area contributed by atoms with Crippen molar-refractivity contribution >= 4 is 0 Å². The molecule has 0 saturated heterocycles. The molecule has 0 aromatic heterocycles. The van der Waals surface area contributed by atoms with E-state index in [1.807, 2.05) is 7.11 Å². The number of nitrogens with one attached hydrogen (secondary N) is 1. The lowest BCUT2D eigenvalue weighted by atomic mass is 9.76. The first kappa shape index (κ1) is 14.0. The molecular formula is C14H29NO. The van der Waals surface area contributed by atoms with E-state index in [0.29, 0.717) is 6.04 Å². The van der Waals surface area contributed by atoms with Crippen molar-refractivity contribution < 1.29 is 4.74 Å². The first-order valence-electron chi connectivity index (χ1n) is 6.71. The second-order valence-corrected chi connectivity index (χ2v) is 6.09. The van der Waals surface area contributed by atoms with Crippen LogP contribution in [0.15, 0.2) is 0 Å². The van der Waals surface area contributed by atoms with Crippen LogP contribution in [0.25, 0.3) is 0 Å². The average molecular weight is 227 g/mol. The Labute approximate surface area is 101 Å². The van der Waals surface area contributed by atoms with Crippen LogP contribution >= 0.6 is 0 Å². The molecule has 1 aliphatic carbocycles. The second-order valence-electron chi connectivity index (χ2n) is 6.09. The van der Waals surface area contributed by atoms with E-state index in [1.54, 1.807) is 0 Å². The van der Waals surface area contributed by atoms with Crippen molar-refractivity contribution in [3.05, 3.63) is 0 Å². The molecule has 0 amide bonds. The zero-order valence-corrected chi connectivity index (χ0v) is 11.7. The minimum atomic E-state index is -0.00559. The maximum absolute atomic E-state index is 5.55. The number of rotatable bonds is 5. The van der Waals surface area contributed by atoms with Gasteiger partial charge in [-0.25, -0.2) is 0 Å². The molecular weight excluding hydrogens is 198 g/mol. The van der Waals surface area contributed by atoms with Crippen molar-refractivity contribution in [2.45, 2.75) is 64.5 Å². The fourth-order valence-corrected chi connectivity index (χ4v) is 2.96. The van der Waals surface area contributed by atoms with E-state index in [4.69, 9.17) is 4.74 Å². The predicted octanol–water partition coefficient (Wildman–Crippen LogP) is 3.22. The van der Waals surface area contributed by atoms with Crippen LogP contribution in [0.1, 0.15) is 52.9 Å². The summed E-state index contributed by atoms with van der Waals surface area (Å²) in [6, 6.07) is 0.609. The number of ether oxygens (including phenoxy) is 1. The average Bonchev–Trinajstić information content (AvgIpc) is 2.26. The summed E-state index contributed by atoms with van der Waals surface area (Å²) in [7, 11) is 3.91. The summed E-state index contributed by atoms with van der Waals surface area (Å²) in [5.41, 5.74) is -0.00559. The molecule has 0 aliphatic heterocycles. The number of hydrogen-bond donors (Lipinski definition) is 1. The lowest BCUT2D eigenvalue weighted by molar-refractivity contribution is -0.000911. The molecule has 3 unspecified atom stereocenters. The molecule has 1 saturated carbocycles. The van der Waals surface area contributed by atoms with Gasteiger partial charge in [-0.2, -0.15) is 0 Å². The maximum Gasteiger partial charge on any atom is 0.0637 e. The van der Waals surface area contributed by atoms with E-state index in [9.17, 15) is 0 Å². The van der Waals surface area contributed by atoms with Gasteiger partial charge in [-0.3, -0.25) is 0 Å². The van der Waals surface area contributed by atoms with Crippen molar-refractivity contribution in [1.29, 1.82) is 0 Å². The maximum atomic E-state index is 5.55. The summed E-state index contributed by atoms with van der Waals surface area (Å²) in [5, 5.41) is 3.50. The monoisotopic (exact) mass is 227 g/mol. The predicted molar refractivity (Wildman–Crippen MR) is 69.7 cm³/mol. The van der Waals surface area contributed by atoms with Gasteiger partial charge in [0.05, 0.1) is 5.60 Å². The Morgan fingerprint density at radius 3 is 2.56 bits per heavy atom. The van der Waals surface area contributed by atoms with Crippen LogP contribution in [0.3, 0.4) is 0 Å². The van der Waals surface area contributed by atoms with Crippen LogP contribution < -0.4 is 5.32 Å². The molecule has 3 atom stereocenters. The Hall–Kier alpha value is -0.0800. The molecule has 1 rings (SSSR count). The number of hydrogen-bond acceptors (Lipinski definition) is 2. The Morgan fingerprint density at radius 1 is 1.38 bits per heavy atom. The lowest BCUT2D eigenvalue weighted by Gasteiger charge is -2.37. The third-order valence-corrected chi connectivity index (χ3v) is 4.18. The van der Waals surface area contributed by atoms with E-state index < -0.39 is 0 Å². The van der Waals surface area contributed by atoms with Gasteiger partial charge < -0.3 is 10.1 Å². The van der Waals surface area contributed by atoms with Gasteiger partial charge in [0.2, 0.25) is 0 Å². The highest BCUT2D eigenvalue weighted by molar-refractivity contribution is 4.85. The Bertz CT molecular complexity index is 203. The molecule has 1 fully saturated rings. The molecule has 1 N–H and O–H groups in total. The second kappa shape index (κ2) is 6.02. The van der Waals surface area contributed by atoms with Gasteiger partial charge in [-0.05, 0) is 52.0 Å². The third kappa shape index (κ3) is 4.06.